The molecule has 1 aromatic rings. The van der Waals surface area contributed by atoms with Crippen molar-refractivity contribution in [1.29, 1.82) is 0 Å². The van der Waals surface area contributed by atoms with E-state index in [1.54, 1.807) is 12.2 Å². The van der Waals surface area contributed by atoms with Crippen molar-refractivity contribution in [2.75, 3.05) is 6.61 Å². The highest BCUT2D eigenvalue weighted by atomic mass is 79.9. The summed E-state index contributed by atoms with van der Waals surface area (Å²) in [4.78, 5) is 22.5. The fourth-order valence-electron chi connectivity index (χ4n) is 1.97. The number of carbonyl (C=O) groups is 2. The van der Waals surface area contributed by atoms with Crippen LogP contribution in [0, 0.1) is 11.7 Å². The highest BCUT2D eigenvalue weighted by Crippen LogP contribution is 2.25. The largest absolute Gasteiger partial charge is 0.483 e. The van der Waals surface area contributed by atoms with Gasteiger partial charge in [-0.05, 0) is 40.5 Å². The van der Waals surface area contributed by atoms with Crippen LogP contribution in [-0.2, 0) is 9.59 Å². The molecule has 1 aliphatic carbocycles. The summed E-state index contributed by atoms with van der Waals surface area (Å²) in [6.07, 6.45) is 3.55. The van der Waals surface area contributed by atoms with Crippen molar-refractivity contribution in [2.45, 2.75) is 12.5 Å². The average Bonchev–Trinajstić information content (AvgIpc) is 2.86. The molecule has 2 atom stereocenters. The van der Waals surface area contributed by atoms with Crippen LogP contribution in [0.1, 0.15) is 6.42 Å². The van der Waals surface area contributed by atoms with Crippen molar-refractivity contribution in [3.63, 3.8) is 0 Å². The van der Waals surface area contributed by atoms with Gasteiger partial charge in [0.1, 0.15) is 11.6 Å². The summed E-state index contributed by atoms with van der Waals surface area (Å²) in [7, 11) is 0. The quantitative estimate of drug-likeness (QED) is 0.791. The Morgan fingerprint density at radius 3 is 2.81 bits per heavy atom. The van der Waals surface area contributed by atoms with Gasteiger partial charge in [0.05, 0.1) is 10.4 Å². The van der Waals surface area contributed by atoms with Crippen LogP contribution in [0.4, 0.5) is 4.39 Å². The maximum Gasteiger partial charge on any atom is 0.310 e. The number of carboxylic acid groups (broad SMARTS) is 1. The predicted molar refractivity (Wildman–Crippen MR) is 76.4 cm³/mol. The number of nitrogens with one attached hydrogen (secondary N) is 1. The third kappa shape index (κ3) is 4.29. The zero-order valence-corrected chi connectivity index (χ0v) is 12.5. The highest BCUT2D eigenvalue weighted by molar-refractivity contribution is 9.10. The molecular formula is C14H13BrFNO4. The minimum Gasteiger partial charge on any atom is -0.483 e. The number of amides is 1. The summed E-state index contributed by atoms with van der Waals surface area (Å²) in [5.74, 6) is -1.89. The van der Waals surface area contributed by atoms with E-state index in [-0.39, 0.29) is 18.6 Å². The molecule has 0 spiro atoms. The molecule has 1 amide bonds. The lowest BCUT2D eigenvalue weighted by molar-refractivity contribution is -0.140. The second-order valence-electron chi connectivity index (χ2n) is 4.60. The number of hydrogen-bond acceptors (Lipinski definition) is 3. The Kier molecular flexibility index (Phi) is 4.95. The Labute approximate surface area is 128 Å². The fourth-order valence-corrected chi connectivity index (χ4v) is 2.44. The molecule has 2 N–H and O–H groups in total. The molecule has 112 valence electrons. The Balaban J connectivity index is 1.81. The average molecular weight is 358 g/mol. The number of halogens is 2. The van der Waals surface area contributed by atoms with E-state index in [0.717, 1.165) is 0 Å². The van der Waals surface area contributed by atoms with Gasteiger partial charge in [-0.3, -0.25) is 9.59 Å². The fraction of sp³-hybridized carbons (Fsp3) is 0.286. The van der Waals surface area contributed by atoms with E-state index >= 15 is 0 Å². The van der Waals surface area contributed by atoms with Crippen molar-refractivity contribution in [3.05, 3.63) is 40.6 Å². The summed E-state index contributed by atoms with van der Waals surface area (Å²) in [5.41, 5.74) is 0. The van der Waals surface area contributed by atoms with Gasteiger partial charge in [-0.1, -0.05) is 12.2 Å². The van der Waals surface area contributed by atoms with Crippen LogP contribution < -0.4 is 10.1 Å². The van der Waals surface area contributed by atoms with E-state index in [2.05, 4.69) is 21.2 Å². The summed E-state index contributed by atoms with van der Waals surface area (Å²) in [6.45, 7) is -0.230. The normalized spacial score (nSPS) is 20.3. The van der Waals surface area contributed by atoms with Gasteiger partial charge in [0.15, 0.2) is 6.61 Å². The van der Waals surface area contributed by atoms with Crippen LogP contribution >= 0.6 is 15.9 Å². The summed E-state index contributed by atoms with van der Waals surface area (Å²) in [5, 5.41) is 11.5. The van der Waals surface area contributed by atoms with Crippen LogP contribution in [0.5, 0.6) is 5.75 Å². The molecule has 5 nitrogen and oxygen atoms in total. The first-order chi connectivity index (χ1) is 9.95. The van der Waals surface area contributed by atoms with E-state index in [0.29, 0.717) is 16.6 Å². The van der Waals surface area contributed by atoms with Crippen LogP contribution in [0.25, 0.3) is 0 Å². The summed E-state index contributed by atoms with van der Waals surface area (Å²) < 4.78 is 18.6. The second kappa shape index (κ2) is 6.71. The molecule has 21 heavy (non-hydrogen) atoms. The van der Waals surface area contributed by atoms with Gasteiger partial charge in [0, 0.05) is 6.04 Å². The van der Waals surface area contributed by atoms with Gasteiger partial charge in [-0.2, -0.15) is 0 Å². The van der Waals surface area contributed by atoms with E-state index in [4.69, 9.17) is 9.84 Å². The molecule has 0 fully saturated rings. The summed E-state index contributed by atoms with van der Waals surface area (Å²) >= 11 is 3.14. The molecule has 1 aliphatic rings. The lowest BCUT2D eigenvalue weighted by atomic mass is 10.1. The molecule has 0 radical (unpaired) electrons. The molecule has 2 rings (SSSR count). The van der Waals surface area contributed by atoms with Gasteiger partial charge in [-0.25, -0.2) is 4.39 Å². The molecule has 0 bridgehead atoms. The maximum absolute atomic E-state index is 12.9. The molecule has 0 saturated carbocycles. The Bertz CT molecular complexity index is 590. The van der Waals surface area contributed by atoms with Crippen LogP contribution in [0.15, 0.2) is 34.8 Å². The molecule has 2 unspecified atom stereocenters. The van der Waals surface area contributed by atoms with Gasteiger partial charge in [0.2, 0.25) is 0 Å². The van der Waals surface area contributed by atoms with Crippen LogP contribution in [0.3, 0.4) is 0 Å². The smallest absolute Gasteiger partial charge is 0.310 e. The standard InChI is InChI=1S/C14H13BrFNO4/c15-11-6-9(16)2-4-12(11)21-7-13(18)17-10-3-1-8(5-10)14(19)20/h1-4,6,8,10H,5,7H2,(H,17,18)(H,19,20). The lowest BCUT2D eigenvalue weighted by Crippen LogP contribution is -2.36. The molecular weight excluding hydrogens is 345 g/mol. The number of carbonyl (C=O) groups excluding carboxylic acids is 1. The van der Waals surface area contributed by atoms with Gasteiger partial charge >= 0.3 is 5.97 Å². The summed E-state index contributed by atoms with van der Waals surface area (Å²) in [6, 6.07) is 3.58. The first-order valence-electron chi connectivity index (χ1n) is 6.24. The second-order valence-corrected chi connectivity index (χ2v) is 5.46. The SMILES string of the molecule is O=C(COc1ccc(F)cc1Br)NC1C=CC(C(=O)O)C1. The number of hydrogen-bond donors (Lipinski definition) is 2. The van der Waals surface area contributed by atoms with Crippen molar-refractivity contribution >= 4 is 27.8 Å². The van der Waals surface area contributed by atoms with Crippen molar-refractivity contribution in [2.24, 2.45) is 5.92 Å². The molecule has 0 aromatic heterocycles. The minimum absolute atomic E-state index is 0.230. The first kappa shape index (κ1) is 15.5. The zero-order chi connectivity index (χ0) is 15.4. The van der Waals surface area contributed by atoms with Crippen LogP contribution in [-0.4, -0.2) is 29.6 Å². The van der Waals surface area contributed by atoms with E-state index in [1.165, 1.54) is 18.2 Å². The minimum atomic E-state index is -0.908. The Morgan fingerprint density at radius 1 is 1.43 bits per heavy atom. The molecule has 0 aliphatic heterocycles. The number of carboxylic acids is 1. The number of rotatable bonds is 5. The van der Waals surface area contributed by atoms with Crippen molar-refractivity contribution < 1.29 is 23.8 Å². The number of ether oxygens (including phenoxy) is 1. The highest BCUT2D eigenvalue weighted by Gasteiger charge is 2.25. The molecule has 0 saturated heterocycles. The van der Waals surface area contributed by atoms with Gasteiger partial charge in [-0.15, -0.1) is 0 Å². The third-order valence-electron chi connectivity index (χ3n) is 3.00. The van der Waals surface area contributed by atoms with Crippen molar-refractivity contribution in [3.8, 4) is 5.75 Å². The van der Waals surface area contributed by atoms with Gasteiger partial charge < -0.3 is 15.2 Å². The van der Waals surface area contributed by atoms with Crippen LogP contribution in [0.2, 0.25) is 0 Å². The molecule has 1 aromatic carbocycles. The molecule has 7 heteroatoms. The van der Waals surface area contributed by atoms with Crippen molar-refractivity contribution in [1.82, 2.24) is 5.32 Å². The maximum atomic E-state index is 12.9. The number of benzene rings is 1. The van der Waals surface area contributed by atoms with E-state index < -0.39 is 17.7 Å². The monoisotopic (exact) mass is 357 g/mol. The number of aliphatic carboxylic acids is 1. The Hall–Kier alpha value is -1.89. The topological polar surface area (TPSA) is 75.6 Å². The predicted octanol–water partition coefficient (Wildman–Crippen LogP) is 2.11. The van der Waals surface area contributed by atoms with E-state index in [9.17, 15) is 14.0 Å². The third-order valence-corrected chi connectivity index (χ3v) is 3.62. The van der Waals surface area contributed by atoms with E-state index in [1.807, 2.05) is 0 Å². The van der Waals surface area contributed by atoms with Gasteiger partial charge in [0.25, 0.3) is 5.91 Å². The zero-order valence-electron chi connectivity index (χ0n) is 10.9. The molecule has 0 heterocycles. The first-order valence-corrected chi connectivity index (χ1v) is 7.03. The Morgan fingerprint density at radius 2 is 2.19 bits per heavy atom. The lowest BCUT2D eigenvalue weighted by Gasteiger charge is -2.13.